The van der Waals surface area contributed by atoms with E-state index in [1.165, 1.54) is 12.1 Å². The molecule has 1 atom stereocenters. The fourth-order valence-corrected chi connectivity index (χ4v) is 3.11. The highest BCUT2D eigenvalue weighted by Gasteiger charge is 2.41. The molecule has 1 heterocycles. The number of phenolic OH excluding ortho intramolecular Hbond substituents is 1. The molecule has 6 heteroatoms. The molecule has 150 valence electrons. The van der Waals surface area contributed by atoms with E-state index in [1.807, 2.05) is 0 Å². The third-order valence-corrected chi connectivity index (χ3v) is 4.50. The number of esters is 1. The molecule has 0 fully saturated rings. The number of carboxylic acids is 1. The van der Waals surface area contributed by atoms with Crippen molar-refractivity contribution in [2.24, 2.45) is 4.99 Å². The molecule has 1 aliphatic heterocycles. The van der Waals surface area contributed by atoms with Gasteiger partial charge in [0.25, 0.3) is 0 Å². The molecule has 0 aromatic heterocycles. The maximum atomic E-state index is 12.8. The number of carboxylic acid groups (broad SMARTS) is 1. The van der Waals surface area contributed by atoms with E-state index in [9.17, 15) is 19.8 Å². The Morgan fingerprint density at radius 3 is 2.45 bits per heavy atom. The van der Waals surface area contributed by atoms with Gasteiger partial charge < -0.3 is 14.9 Å². The second-order valence-electron chi connectivity index (χ2n) is 7.97. The number of hydrogen-bond donors (Lipinski definition) is 2. The Hall–Kier alpha value is -3.41. The summed E-state index contributed by atoms with van der Waals surface area (Å²) in [6, 6.07) is 11.5. The normalized spacial score (nSPS) is 18.0. The van der Waals surface area contributed by atoms with Crippen LogP contribution in [0, 0.1) is 0 Å². The summed E-state index contributed by atoms with van der Waals surface area (Å²) < 4.78 is 5.54. The maximum absolute atomic E-state index is 12.8. The quantitative estimate of drug-likeness (QED) is 0.748. The third-order valence-electron chi connectivity index (χ3n) is 4.50. The highest BCUT2D eigenvalue weighted by molar-refractivity contribution is 5.92. The molecule has 0 saturated carbocycles. The number of aliphatic imine (C=N–C) groups is 1. The van der Waals surface area contributed by atoms with Gasteiger partial charge in [0, 0.05) is 12.6 Å². The molecule has 0 saturated heterocycles. The van der Waals surface area contributed by atoms with Crippen LogP contribution < -0.4 is 0 Å². The van der Waals surface area contributed by atoms with Gasteiger partial charge in [0.05, 0.1) is 5.56 Å². The summed E-state index contributed by atoms with van der Waals surface area (Å²) in [5, 5.41) is 19.6. The lowest BCUT2D eigenvalue weighted by Crippen LogP contribution is -2.41. The molecule has 1 aliphatic rings. The lowest BCUT2D eigenvalue weighted by molar-refractivity contribution is -0.159. The molecule has 29 heavy (non-hydrogen) atoms. The van der Waals surface area contributed by atoms with Gasteiger partial charge in [-0.2, -0.15) is 0 Å². The van der Waals surface area contributed by atoms with Crippen LogP contribution in [0.15, 0.2) is 59.6 Å². The van der Waals surface area contributed by atoms with Gasteiger partial charge in [-0.1, -0.05) is 18.2 Å². The van der Waals surface area contributed by atoms with E-state index >= 15 is 0 Å². The monoisotopic (exact) mass is 393 g/mol. The Bertz CT molecular complexity index is 1000. The zero-order valence-electron chi connectivity index (χ0n) is 16.5. The summed E-state index contributed by atoms with van der Waals surface area (Å²) in [5.74, 6) is -1.48. The van der Waals surface area contributed by atoms with Crippen LogP contribution in [-0.4, -0.2) is 39.5 Å². The Balaban J connectivity index is 1.97. The number of carbonyl (C=O) groups is 2. The number of ether oxygens (including phenoxy) is 1. The Morgan fingerprint density at radius 2 is 1.83 bits per heavy atom. The predicted molar refractivity (Wildman–Crippen MR) is 110 cm³/mol. The standard InChI is InChI=1S/C23H23NO5/c1-22(2,3)29-21(28)23(10-5-11-24-23)14-18-13-16(8-9-19(18)25)15-6-4-7-17(12-15)20(26)27/h4-13,25H,14H2,1-3H3,(H,26,27). The fourth-order valence-electron chi connectivity index (χ4n) is 3.11. The lowest BCUT2D eigenvalue weighted by atomic mass is 9.89. The summed E-state index contributed by atoms with van der Waals surface area (Å²) in [6.45, 7) is 5.36. The second-order valence-corrected chi connectivity index (χ2v) is 7.97. The number of aromatic carboxylic acids is 1. The third kappa shape index (κ3) is 4.54. The van der Waals surface area contributed by atoms with Gasteiger partial charge in [0.2, 0.25) is 0 Å². The number of phenols is 1. The Kier molecular flexibility index (Phi) is 5.29. The molecule has 6 nitrogen and oxygen atoms in total. The number of nitrogens with zero attached hydrogens (tertiary/aromatic N) is 1. The van der Waals surface area contributed by atoms with Crippen molar-refractivity contribution < 1.29 is 24.5 Å². The van der Waals surface area contributed by atoms with Gasteiger partial charge in [-0.3, -0.25) is 4.99 Å². The van der Waals surface area contributed by atoms with Gasteiger partial charge in [0.1, 0.15) is 11.4 Å². The fraction of sp³-hybridized carbons (Fsp3) is 0.261. The van der Waals surface area contributed by atoms with E-state index in [-0.39, 0.29) is 17.7 Å². The highest BCUT2D eigenvalue weighted by atomic mass is 16.6. The molecule has 0 spiro atoms. The predicted octanol–water partition coefficient (Wildman–Crippen LogP) is 4.02. The number of benzene rings is 2. The van der Waals surface area contributed by atoms with Crippen molar-refractivity contribution in [1.82, 2.24) is 0 Å². The Morgan fingerprint density at radius 1 is 1.10 bits per heavy atom. The Labute approximate surface area is 169 Å². The summed E-state index contributed by atoms with van der Waals surface area (Å²) in [4.78, 5) is 28.4. The first-order valence-corrected chi connectivity index (χ1v) is 9.22. The minimum absolute atomic E-state index is 0.0292. The molecule has 2 N–H and O–H groups in total. The van der Waals surface area contributed by atoms with Crippen molar-refractivity contribution >= 4 is 18.2 Å². The van der Waals surface area contributed by atoms with Crippen molar-refractivity contribution in [2.75, 3.05) is 0 Å². The molecule has 2 aromatic carbocycles. The van der Waals surface area contributed by atoms with Crippen LogP contribution in [0.1, 0.15) is 36.7 Å². The van der Waals surface area contributed by atoms with E-state index in [0.29, 0.717) is 11.1 Å². The molecule has 0 aliphatic carbocycles. The van der Waals surface area contributed by atoms with Crippen LogP contribution in [0.2, 0.25) is 0 Å². The van der Waals surface area contributed by atoms with Gasteiger partial charge in [-0.25, -0.2) is 9.59 Å². The minimum atomic E-state index is -1.24. The summed E-state index contributed by atoms with van der Waals surface area (Å²) in [7, 11) is 0. The first-order valence-electron chi connectivity index (χ1n) is 9.22. The average Bonchev–Trinajstić information content (AvgIpc) is 3.12. The van der Waals surface area contributed by atoms with Gasteiger partial charge >= 0.3 is 11.9 Å². The number of hydrogen-bond acceptors (Lipinski definition) is 5. The molecule has 0 bridgehead atoms. The zero-order chi connectivity index (χ0) is 21.2. The maximum Gasteiger partial charge on any atom is 0.338 e. The second kappa shape index (κ2) is 7.54. The summed E-state index contributed by atoms with van der Waals surface area (Å²) in [6.07, 6.45) is 5.01. The van der Waals surface area contributed by atoms with Crippen LogP contribution in [0.3, 0.4) is 0 Å². The number of aromatic hydroxyl groups is 1. The number of carbonyl (C=O) groups excluding carboxylic acids is 1. The van der Waals surface area contributed by atoms with Gasteiger partial charge in [0.15, 0.2) is 5.54 Å². The van der Waals surface area contributed by atoms with E-state index in [2.05, 4.69) is 4.99 Å². The van der Waals surface area contributed by atoms with Crippen LogP contribution in [-0.2, 0) is 16.0 Å². The van der Waals surface area contributed by atoms with Crippen molar-refractivity contribution in [3.63, 3.8) is 0 Å². The van der Waals surface area contributed by atoms with Crippen molar-refractivity contribution in [3.8, 4) is 16.9 Å². The molecular formula is C23H23NO5. The molecule has 2 aromatic rings. The van der Waals surface area contributed by atoms with Gasteiger partial charge in [-0.15, -0.1) is 0 Å². The van der Waals surface area contributed by atoms with E-state index < -0.39 is 23.1 Å². The van der Waals surface area contributed by atoms with Crippen molar-refractivity contribution in [2.45, 2.75) is 38.3 Å². The number of rotatable bonds is 5. The first-order chi connectivity index (χ1) is 13.6. The van der Waals surface area contributed by atoms with Crippen LogP contribution >= 0.6 is 0 Å². The largest absolute Gasteiger partial charge is 0.508 e. The minimum Gasteiger partial charge on any atom is -0.508 e. The van der Waals surface area contributed by atoms with Crippen LogP contribution in [0.25, 0.3) is 11.1 Å². The molecule has 0 amide bonds. The first kappa shape index (κ1) is 20.3. The topological polar surface area (TPSA) is 96.2 Å². The average molecular weight is 393 g/mol. The SMILES string of the molecule is CC(C)(C)OC(=O)C1(Cc2cc(-c3cccc(C(=O)O)c3)ccc2O)C=CC=N1. The van der Waals surface area contributed by atoms with Crippen molar-refractivity contribution in [3.05, 3.63) is 65.7 Å². The van der Waals surface area contributed by atoms with E-state index in [0.717, 1.165) is 5.56 Å². The zero-order valence-corrected chi connectivity index (χ0v) is 16.5. The summed E-state index contributed by atoms with van der Waals surface area (Å²) in [5.41, 5.74) is 0.196. The molecule has 0 radical (unpaired) electrons. The van der Waals surface area contributed by atoms with Gasteiger partial charge in [-0.05, 0) is 73.9 Å². The van der Waals surface area contributed by atoms with E-state index in [4.69, 9.17) is 4.74 Å². The van der Waals surface area contributed by atoms with E-state index in [1.54, 1.807) is 69.5 Å². The van der Waals surface area contributed by atoms with Crippen molar-refractivity contribution in [1.29, 1.82) is 0 Å². The number of allylic oxidation sites excluding steroid dienone is 1. The van der Waals surface area contributed by atoms with Crippen LogP contribution in [0.4, 0.5) is 0 Å². The van der Waals surface area contributed by atoms with Crippen LogP contribution in [0.5, 0.6) is 5.75 Å². The molecular weight excluding hydrogens is 370 g/mol. The highest BCUT2D eigenvalue weighted by Crippen LogP contribution is 2.33. The summed E-state index contributed by atoms with van der Waals surface area (Å²) >= 11 is 0. The lowest BCUT2D eigenvalue weighted by Gasteiger charge is -2.28. The molecule has 1 unspecified atom stereocenters. The smallest absolute Gasteiger partial charge is 0.338 e. The molecule has 3 rings (SSSR count).